The van der Waals surface area contributed by atoms with E-state index in [4.69, 9.17) is 4.42 Å². The van der Waals surface area contributed by atoms with Gasteiger partial charge in [0.25, 0.3) is 5.91 Å². The van der Waals surface area contributed by atoms with Crippen LogP contribution in [0.5, 0.6) is 0 Å². The van der Waals surface area contributed by atoms with Crippen LogP contribution in [0.15, 0.2) is 34.9 Å². The molecule has 0 saturated heterocycles. The third-order valence-corrected chi connectivity index (χ3v) is 7.38. The molecule has 1 N–H and O–H groups in total. The molecule has 1 saturated carbocycles. The van der Waals surface area contributed by atoms with Crippen molar-refractivity contribution in [2.24, 2.45) is 5.92 Å². The van der Waals surface area contributed by atoms with E-state index in [0.29, 0.717) is 24.8 Å². The normalized spacial score (nSPS) is 14.9. The van der Waals surface area contributed by atoms with Gasteiger partial charge in [0.1, 0.15) is 5.76 Å². The maximum absolute atomic E-state index is 13.1. The maximum Gasteiger partial charge on any atom is 0.287 e. The Bertz CT molecular complexity index is 940. The van der Waals surface area contributed by atoms with Crippen molar-refractivity contribution in [2.45, 2.75) is 91.8 Å². The number of amides is 2. The quantitative estimate of drug-likeness (QED) is 0.362. The molecule has 0 aromatic carbocycles. The minimum atomic E-state index is -0.166. The molecule has 7 heteroatoms. The Labute approximate surface area is 217 Å². The smallest absolute Gasteiger partial charge is 0.287 e. The Morgan fingerprint density at radius 1 is 1.11 bits per heavy atom. The molecule has 7 nitrogen and oxygen atoms in total. The van der Waals surface area contributed by atoms with E-state index >= 15 is 0 Å². The second-order valence-electron chi connectivity index (χ2n) is 10.2. The summed E-state index contributed by atoms with van der Waals surface area (Å²) in [4.78, 5) is 30.2. The lowest BCUT2D eigenvalue weighted by atomic mass is 10.1. The molecule has 1 aliphatic carbocycles. The summed E-state index contributed by atoms with van der Waals surface area (Å²) in [6.45, 7) is 13.6. The highest BCUT2D eigenvalue weighted by atomic mass is 16.4. The number of furan rings is 1. The van der Waals surface area contributed by atoms with Crippen molar-refractivity contribution in [2.75, 3.05) is 26.2 Å². The van der Waals surface area contributed by atoms with Gasteiger partial charge in [0, 0.05) is 30.4 Å². The average Bonchev–Trinajstić information content (AvgIpc) is 3.64. The fourth-order valence-electron chi connectivity index (χ4n) is 5.19. The van der Waals surface area contributed by atoms with E-state index < -0.39 is 0 Å². The summed E-state index contributed by atoms with van der Waals surface area (Å²) >= 11 is 0. The molecule has 1 fully saturated rings. The first kappa shape index (κ1) is 28.0. The number of rotatable bonds is 15. The van der Waals surface area contributed by atoms with Crippen molar-refractivity contribution in [1.29, 1.82) is 0 Å². The first-order valence-electron chi connectivity index (χ1n) is 14.0. The van der Waals surface area contributed by atoms with Crippen LogP contribution in [0.3, 0.4) is 0 Å². The molecular weight excluding hydrogens is 452 g/mol. The molecule has 0 radical (unpaired) electrons. The van der Waals surface area contributed by atoms with E-state index in [1.165, 1.54) is 0 Å². The molecule has 1 atom stereocenters. The number of carbonyl (C=O) groups excluding carboxylic acids is 2. The minimum absolute atomic E-state index is 0.0969. The number of nitrogens with one attached hydrogen (secondary N) is 1. The van der Waals surface area contributed by atoms with Crippen LogP contribution in [0.25, 0.3) is 0 Å². The third kappa shape index (κ3) is 7.99. The van der Waals surface area contributed by atoms with Crippen molar-refractivity contribution in [1.82, 2.24) is 19.7 Å². The zero-order valence-electron chi connectivity index (χ0n) is 22.8. The second kappa shape index (κ2) is 14.3. The van der Waals surface area contributed by atoms with Gasteiger partial charge >= 0.3 is 0 Å². The van der Waals surface area contributed by atoms with Crippen molar-refractivity contribution in [3.63, 3.8) is 0 Å². The summed E-state index contributed by atoms with van der Waals surface area (Å²) in [5, 5.41) is 3.07. The fraction of sp³-hybridized carbons (Fsp3) is 0.655. The molecule has 0 bridgehead atoms. The SMILES string of the molecule is CCCN(Cc1cccn1Cc1ccc(C(=O)NC(C)CCCN(CC)CC)o1)C(=O)C1CCCC1. The molecule has 3 rings (SSSR count). The summed E-state index contributed by atoms with van der Waals surface area (Å²) < 4.78 is 8.02. The molecule has 2 amide bonds. The standard InChI is InChI=1S/C29H46N4O3/c1-5-18-33(29(35)24-13-8-9-14-24)21-25-15-11-20-32(25)22-26-16-17-27(36-26)28(34)30-23(4)12-10-19-31(6-2)7-3/h11,15-17,20,23-24H,5-10,12-14,18-19,21-22H2,1-4H3,(H,30,34). The van der Waals surface area contributed by atoms with Crippen LogP contribution in [0.4, 0.5) is 0 Å². The lowest BCUT2D eigenvalue weighted by molar-refractivity contribution is -0.136. The van der Waals surface area contributed by atoms with Gasteiger partial charge in [0.2, 0.25) is 5.91 Å². The van der Waals surface area contributed by atoms with Gasteiger partial charge in [-0.25, -0.2) is 0 Å². The van der Waals surface area contributed by atoms with Crippen LogP contribution < -0.4 is 5.32 Å². The summed E-state index contributed by atoms with van der Waals surface area (Å²) in [6.07, 6.45) is 9.32. The van der Waals surface area contributed by atoms with Crippen LogP contribution in [0.2, 0.25) is 0 Å². The van der Waals surface area contributed by atoms with Gasteiger partial charge in [-0.1, -0.05) is 33.6 Å². The summed E-state index contributed by atoms with van der Waals surface area (Å²) in [5.74, 6) is 1.39. The Morgan fingerprint density at radius 2 is 1.86 bits per heavy atom. The van der Waals surface area contributed by atoms with E-state index in [0.717, 1.165) is 82.6 Å². The van der Waals surface area contributed by atoms with E-state index in [1.807, 2.05) is 30.2 Å². The lowest BCUT2D eigenvalue weighted by Crippen LogP contribution is -2.36. The molecule has 2 aromatic heterocycles. The van der Waals surface area contributed by atoms with E-state index in [-0.39, 0.29) is 17.9 Å². The van der Waals surface area contributed by atoms with Gasteiger partial charge in [0.15, 0.2) is 5.76 Å². The molecular formula is C29H46N4O3. The van der Waals surface area contributed by atoms with Gasteiger partial charge in [0.05, 0.1) is 13.1 Å². The monoisotopic (exact) mass is 498 g/mol. The van der Waals surface area contributed by atoms with Gasteiger partial charge in [-0.05, 0) is 82.9 Å². The van der Waals surface area contributed by atoms with Crippen LogP contribution in [-0.4, -0.2) is 58.4 Å². The topological polar surface area (TPSA) is 70.7 Å². The molecule has 36 heavy (non-hydrogen) atoms. The maximum atomic E-state index is 13.1. The van der Waals surface area contributed by atoms with Gasteiger partial charge in [-0.15, -0.1) is 0 Å². The predicted octanol–water partition coefficient (Wildman–Crippen LogP) is 5.30. The van der Waals surface area contributed by atoms with Crippen molar-refractivity contribution in [3.8, 4) is 0 Å². The zero-order valence-corrected chi connectivity index (χ0v) is 22.8. The van der Waals surface area contributed by atoms with Gasteiger partial charge < -0.3 is 24.1 Å². The van der Waals surface area contributed by atoms with Crippen molar-refractivity contribution in [3.05, 3.63) is 47.7 Å². The summed E-state index contributed by atoms with van der Waals surface area (Å²) in [5.41, 5.74) is 1.08. The lowest BCUT2D eigenvalue weighted by Gasteiger charge is -2.26. The fourth-order valence-corrected chi connectivity index (χ4v) is 5.19. The molecule has 0 spiro atoms. The molecule has 2 heterocycles. The number of nitrogens with zero attached hydrogens (tertiary/aromatic N) is 3. The Hall–Kier alpha value is -2.54. The van der Waals surface area contributed by atoms with Crippen molar-refractivity contribution < 1.29 is 14.0 Å². The predicted molar refractivity (Wildman–Crippen MR) is 144 cm³/mol. The third-order valence-electron chi connectivity index (χ3n) is 7.38. The Kier molecular flexibility index (Phi) is 11.1. The highest BCUT2D eigenvalue weighted by Gasteiger charge is 2.27. The van der Waals surface area contributed by atoms with Crippen LogP contribution in [-0.2, 0) is 17.9 Å². The molecule has 0 aliphatic heterocycles. The molecule has 2 aromatic rings. The number of carbonyl (C=O) groups is 2. The molecule has 1 unspecified atom stereocenters. The van der Waals surface area contributed by atoms with E-state index in [9.17, 15) is 9.59 Å². The highest BCUT2D eigenvalue weighted by Crippen LogP contribution is 2.27. The summed E-state index contributed by atoms with van der Waals surface area (Å²) in [7, 11) is 0. The van der Waals surface area contributed by atoms with E-state index in [1.54, 1.807) is 6.07 Å². The first-order valence-corrected chi connectivity index (χ1v) is 14.0. The molecule has 1 aliphatic rings. The number of hydrogen-bond donors (Lipinski definition) is 1. The summed E-state index contributed by atoms with van der Waals surface area (Å²) in [6, 6.07) is 7.80. The van der Waals surface area contributed by atoms with E-state index in [2.05, 4.69) is 41.6 Å². The zero-order chi connectivity index (χ0) is 25.9. The number of hydrogen-bond acceptors (Lipinski definition) is 4. The van der Waals surface area contributed by atoms with Crippen LogP contribution >= 0.6 is 0 Å². The molecule has 200 valence electrons. The van der Waals surface area contributed by atoms with Crippen LogP contribution in [0, 0.1) is 5.92 Å². The largest absolute Gasteiger partial charge is 0.454 e. The van der Waals surface area contributed by atoms with Gasteiger partial charge in [-0.3, -0.25) is 9.59 Å². The average molecular weight is 499 g/mol. The minimum Gasteiger partial charge on any atom is -0.454 e. The first-order chi connectivity index (χ1) is 17.4. The highest BCUT2D eigenvalue weighted by molar-refractivity contribution is 5.91. The second-order valence-corrected chi connectivity index (χ2v) is 10.2. The number of aromatic nitrogens is 1. The van der Waals surface area contributed by atoms with Crippen molar-refractivity contribution >= 4 is 11.8 Å². The Balaban J connectivity index is 1.54. The Morgan fingerprint density at radius 3 is 2.56 bits per heavy atom. The van der Waals surface area contributed by atoms with Gasteiger partial charge in [-0.2, -0.15) is 0 Å². The van der Waals surface area contributed by atoms with Crippen LogP contribution in [0.1, 0.15) is 94.6 Å².